The van der Waals surface area contributed by atoms with Crippen molar-refractivity contribution in [1.29, 1.82) is 0 Å². The van der Waals surface area contributed by atoms with Crippen LogP contribution in [-0.4, -0.2) is 38.9 Å². The quantitative estimate of drug-likeness (QED) is 0.719. The number of anilines is 1. The summed E-state index contributed by atoms with van der Waals surface area (Å²) in [6.45, 7) is 4.97. The van der Waals surface area contributed by atoms with Gasteiger partial charge in [0.1, 0.15) is 11.6 Å². The first kappa shape index (κ1) is 17.8. The monoisotopic (exact) mass is 321 g/mol. The lowest BCUT2D eigenvalue weighted by Gasteiger charge is -2.19. The summed E-state index contributed by atoms with van der Waals surface area (Å²) in [6.07, 6.45) is 0.626. The minimum Gasteiger partial charge on any atom is -0.314 e. The van der Waals surface area contributed by atoms with Crippen LogP contribution in [0.1, 0.15) is 20.3 Å². The van der Waals surface area contributed by atoms with Gasteiger partial charge < -0.3 is 5.32 Å². The Balaban J connectivity index is 2.59. The van der Waals surface area contributed by atoms with Crippen LogP contribution in [0.25, 0.3) is 0 Å². The molecular weight excluding hydrogens is 300 g/mol. The van der Waals surface area contributed by atoms with Crippen molar-refractivity contribution in [2.75, 3.05) is 24.9 Å². The van der Waals surface area contributed by atoms with Gasteiger partial charge >= 0.3 is 10.2 Å². The Morgan fingerprint density at radius 2 is 1.95 bits per heavy atom. The van der Waals surface area contributed by atoms with E-state index in [9.17, 15) is 17.2 Å². The molecule has 0 saturated carbocycles. The number of hydrogen-bond donors (Lipinski definition) is 2. The Morgan fingerprint density at radius 1 is 1.29 bits per heavy atom. The first-order chi connectivity index (χ1) is 9.72. The largest absolute Gasteiger partial charge is 0.314 e. The highest BCUT2D eigenvalue weighted by Gasteiger charge is 2.19. The van der Waals surface area contributed by atoms with E-state index >= 15 is 0 Å². The molecule has 0 spiro atoms. The molecule has 0 aliphatic rings. The maximum atomic E-state index is 13.4. The van der Waals surface area contributed by atoms with Gasteiger partial charge in [-0.2, -0.15) is 12.7 Å². The normalized spacial score (nSPS) is 12.1. The first-order valence-corrected chi connectivity index (χ1v) is 8.09. The zero-order chi connectivity index (χ0) is 16.0. The van der Waals surface area contributed by atoms with Gasteiger partial charge in [0.2, 0.25) is 0 Å². The number of halogens is 2. The highest BCUT2D eigenvalue weighted by molar-refractivity contribution is 7.90. The van der Waals surface area contributed by atoms with E-state index in [-0.39, 0.29) is 12.2 Å². The van der Waals surface area contributed by atoms with E-state index in [1.165, 1.54) is 7.05 Å². The summed E-state index contributed by atoms with van der Waals surface area (Å²) in [5.74, 6) is -1.71. The fraction of sp³-hybridized carbons (Fsp3) is 0.538. The van der Waals surface area contributed by atoms with Crippen molar-refractivity contribution in [2.24, 2.45) is 0 Å². The molecule has 0 amide bonds. The van der Waals surface area contributed by atoms with E-state index in [2.05, 4.69) is 10.0 Å². The van der Waals surface area contributed by atoms with E-state index in [0.29, 0.717) is 25.1 Å². The topological polar surface area (TPSA) is 61.4 Å². The minimum atomic E-state index is -3.86. The Hall–Kier alpha value is -1.25. The minimum absolute atomic E-state index is 0.274. The molecule has 1 aromatic carbocycles. The standard InChI is InChI=1S/C13H21F2N3O2S/c1-10(2)16-7-4-8-18(3)21(19,20)17-13-6-5-11(14)9-12(13)15/h5-6,9-10,16-17H,4,7-8H2,1-3H3. The molecule has 0 aromatic heterocycles. The molecule has 5 nitrogen and oxygen atoms in total. The number of benzene rings is 1. The molecule has 0 aliphatic heterocycles. The molecule has 8 heteroatoms. The summed E-state index contributed by atoms with van der Waals surface area (Å²) in [4.78, 5) is 0. The van der Waals surface area contributed by atoms with Crippen molar-refractivity contribution in [3.8, 4) is 0 Å². The molecule has 21 heavy (non-hydrogen) atoms. The number of nitrogens with zero attached hydrogens (tertiary/aromatic N) is 1. The Labute approximate surface area is 124 Å². The zero-order valence-electron chi connectivity index (χ0n) is 12.4. The maximum absolute atomic E-state index is 13.4. The molecule has 0 aliphatic carbocycles. The van der Waals surface area contributed by atoms with Crippen LogP contribution in [0.15, 0.2) is 18.2 Å². The molecule has 0 bridgehead atoms. The SMILES string of the molecule is CC(C)NCCCN(C)S(=O)(=O)Nc1ccc(F)cc1F. The molecular formula is C13H21F2N3O2S. The lowest BCUT2D eigenvalue weighted by Crippen LogP contribution is -2.35. The van der Waals surface area contributed by atoms with Crippen LogP contribution in [0.2, 0.25) is 0 Å². The second-order valence-electron chi connectivity index (χ2n) is 5.02. The van der Waals surface area contributed by atoms with Crippen molar-refractivity contribution < 1.29 is 17.2 Å². The van der Waals surface area contributed by atoms with Crippen LogP contribution in [0.4, 0.5) is 14.5 Å². The van der Waals surface area contributed by atoms with E-state index < -0.39 is 21.8 Å². The molecule has 120 valence electrons. The summed E-state index contributed by atoms with van der Waals surface area (Å²) in [5.41, 5.74) is -0.274. The summed E-state index contributed by atoms with van der Waals surface area (Å²) >= 11 is 0. The molecule has 0 radical (unpaired) electrons. The van der Waals surface area contributed by atoms with Crippen molar-refractivity contribution in [1.82, 2.24) is 9.62 Å². The number of nitrogens with one attached hydrogen (secondary N) is 2. The van der Waals surface area contributed by atoms with Crippen LogP contribution in [0.3, 0.4) is 0 Å². The lowest BCUT2D eigenvalue weighted by molar-refractivity contribution is 0.451. The Morgan fingerprint density at radius 3 is 2.52 bits per heavy atom. The van der Waals surface area contributed by atoms with Crippen LogP contribution >= 0.6 is 0 Å². The van der Waals surface area contributed by atoms with E-state index in [1.54, 1.807) is 0 Å². The Bertz CT molecular complexity index is 565. The van der Waals surface area contributed by atoms with Crippen LogP contribution < -0.4 is 10.0 Å². The summed E-state index contributed by atoms with van der Waals surface area (Å²) in [6, 6.07) is 3.01. The smallest absolute Gasteiger partial charge is 0.301 e. The average molecular weight is 321 g/mol. The van der Waals surface area contributed by atoms with Gasteiger partial charge in [0.25, 0.3) is 0 Å². The number of rotatable bonds is 8. The predicted molar refractivity (Wildman–Crippen MR) is 79.3 cm³/mol. The van der Waals surface area contributed by atoms with E-state index in [1.807, 2.05) is 13.8 Å². The summed E-state index contributed by atoms with van der Waals surface area (Å²) in [7, 11) is -2.45. The predicted octanol–water partition coefficient (Wildman–Crippen LogP) is 1.94. The third-order valence-electron chi connectivity index (χ3n) is 2.78. The van der Waals surface area contributed by atoms with Crippen molar-refractivity contribution in [2.45, 2.75) is 26.3 Å². The molecule has 0 saturated heterocycles. The van der Waals surface area contributed by atoms with Crippen molar-refractivity contribution in [3.05, 3.63) is 29.8 Å². The summed E-state index contributed by atoms with van der Waals surface area (Å²) in [5, 5.41) is 3.17. The highest BCUT2D eigenvalue weighted by atomic mass is 32.2. The van der Waals surface area contributed by atoms with Gasteiger partial charge in [-0.05, 0) is 25.1 Å². The molecule has 0 atom stereocenters. The fourth-order valence-corrected chi connectivity index (χ4v) is 2.57. The summed E-state index contributed by atoms with van der Waals surface area (Å²) < 4.78 is 53.4. The molecule has 1 rings (SSSR count). The van der Waals surface area contributed by atoms with Crippen LogP contribution in [0, 0.1) is 11.6 Å². The second kappa shape index (κ2) is 7.67. The molecule has 0 fully saturated rings. The van der Waals surface area contributed by atoms with Gasteiger partial charge in [-0.1, -0.05) is 13.8 Å². The Kier molecular flexibility index (Phi) is 6.50. The van der Waals surface area contributed by atoms with Gasteiger partial charge in [0.15, 0.2) is 0 Å². The van der Waals surface area contributed by atoms with Crippen LogP contribution in [0.5, 0.6) is 0 Å². The average Bonchev–Trinajstić information content (AvgIpc) is 2.37. The van der Waals surface area contributed by atoms with E-state index in [4.69, 9.17) is 0 Å². The number of hydrogen-bond acceptors (Lipinski definition) is 3. The van der Waals surface area contributed by atoms with Crippen molar-refractivity contribution in [3.63, 3.8) is 0 Å². The van der Waals surface area contributed by atoms with Gasteiger partial charge in [-0.25, -0.2) is 8.78 Å². The van der Waals surface area contributed by atoms with Gasteiger partial charge in [-0.15, -0.1) is 0 Å². The third-order valence-corrected chi connectivity index (χ3v) is 4.26. The van der Waals surface area contributed by atoms with Gasteiger partial charge in [0.05, 0.1) is 5.69 Å². The second-order valence-corrected chi connectivity index (χ2v) is 6.79. The van der Waals surface area contributed by atoms with Crippen molar-refractivity contribution >= 4 is 15.9 Å². The van der Waals surface area contributed by atoms with Gasteiger partial charge in [-0.3, -0.25) is 4.72 Å². The zero-order valence-corrected chi connectivity index (χ0v) is 13.2. The lowest BCUT2D eigenvalue weighted by atomic mass is 10.3. The maximum Gasteiger partial charge on any atom is 0.301 e. The first-order valence-electron chi connectivity index (χ1n) is 6.65. The fourth-order valence-electron chi connectivity index (χ4n) is 1.60. The van der Waals surface area contributed by atoms with Gasteiger partial charge in [0, 0.05) is 25.7 Å². The highest BCUT2D eigenvalue weighted by Crippen LogP contribution is 2.17. The van der Waals surface area contributed by atoms with E-state index in [0.717, 1.165) is 16.4 Å². The molecule has 0 heterocycles. The molecule has 1 aromatic rings. The molecule has 0 unspecified atom stereocenters. The van der Waals surface area contributed by atoms with Crippen LogP contribution in [-0.2, 0) is 10.2 Å². The third kappa shape index (κ3) is 5.94. The molecule has 2 N–H and O–H groups in total.